The van der Waals surface area contributed by atoms with E-state index in [4.69, 9.17) is 5.73 Å². The Morgan fingerprint density at radius 3 is 2.93 bits per heavy atom. The normalized spacial score (nSPS) is 12.5. The minimum Gasteiger partial charge on any atom is -0.326 e. The van der Waals surface area contributed by atoms with Crippen LogP contribution in [0.1, 0.15) is 6.92 Å². The van der Waals surface area contributed by atoms with Crippen molar-refractivity contribution in [2.75, 3.05) is 0 Å². The Bertz CT molecular complexity index is 453. The van der Waals surface area contributed by atoms with Crippen LogP contribution in [0.5, 0.6) is 0 Å². The summed E-state index contributed by atoms with van der Waals surface area (Å²) in [4.78, 5) is 0. The van der Waals surface area contributed by atoms with Crippen LogP contribution in [0.25, 0.3) is 10.9 Å². The number of rotatable bonds is 2. The molecule has 0 spiro atoms. The fourth-order valence-corrected chi connectivity index (χ4v) is 1.48. The predicted molar refractivity (Wildman–Crippen MR) is 60.6 cm³/mol. The molecular weight excluding hydrogens is 217 g/mol. The Morgan fingerprint density at radius 2 is 2.27 bits per heavy atom. The molecule has 5 heteroatoms. The van der Waals surface area contributed by atoms with Gasteiger partial charge < -0.3 is 5.73 Å². The van der Waals surface area contributed by atoms with E-state index in [-0.39, 0.29) is 24.3 Å². The van der Waals surface area contributed by atoms with E-state index in [1.54, 1.807) is 16.9 Å². The number of benzene rings is 1. The van der Waals surface area contributed by atoms with Gasteiger partial charge in [-0.15, -0.1) is 12.4 Å². The topological polar surface area (TPSA) is 43.8 Å². The van der Waals surface area contributed by atoms with E-state index in [1.165, 1.54) is 12.1 Å². The van der Waals surface area contributed by atoms with E-state index < -0.39 is 0 Å². The van der Waals surface area contributed by atoms with E-state index in [9.17, 15) is 4.39 Å². The molecule has 1 aromatic heterocycles. The summed E-state index contributed by atoms with van der Waals surface area (Å²) >= 11 is 0. The summed E-state index contributed by atoms with van der Waals surface area (Å²) in [5, 5.41) is 4.96. The van der Waals surface area contributed by atoms with E-state index in [1.807, 2.05) is 6.92 Å². The van der Waals surface area contributed by atoms with E-state index in [0.29, 0.717) is 6.54 Å². The Hall–Kier alpha value is -1.13. The molecule has 0 bridgehead atoms. The van der Waals surface area contributed by atoms with Gasteiger partial charge in [-0.3, -0.25) is 4.68 Å². The molecule has 0 radical (unpaired) electrons. The largest absolute Gasteiger partial charge is 0.326 e. The number of nitrogens with zero attached hydrogens (tertiary/aromatic N) is 2. The standard InChI is InChI=1S/C10H12FN3.ClH/c1-7(12)6-14-10-3-2-9(11)4-8(10)5-13-14;/h2-5,7H,6,12H2,1H3;1H/t7-;/m1./s1. The number of nitrogens with two attached hydrogens (primary N) is 1. The number of aromatic nitrogens is 2. The quantitative estimate of drug-likeness (QED) is 0.856. The van der Waals surface area contributed by atoms with Gasteiger partial charge in [-0.25, -0.2) is 4.39 Å². The highest BCUT2D eigenvalue weighted by atomic mass is 35.5. The van der Waals surface area contributed by atoms with Crippen molar-refractivity contribution in [2.24, 2.45) is 5.73 Å². The molecule has 3 nitrogen and oxygen atoms in total. The molecule has 0 saturated heterocycles. The first-order valence-corrected chi connectivity index (χ1v) is 4.53. The summed E-state index contributed by atoms with van der Waals surface area (Å²) in [5.41, 5.74) is 6.59. The zero-order valence-electron chi connectivity index (χ0n) is 8.35. The second kappa shape index (κ2) is 4.59. The van der Waals surface area contributed by atoms with Crippen LogP contribution in [0, 0.1) is 5.82 Å². The van der Waals surface area contributed by atoms with Crippen molar-refractivity contribution in [1.82, 2.24) is 9.78 Å². The van der Waals surface area contributed by atoms with Crippen molar-refractivity contribution < 1.29 is 4.39 Å². The summed E-state index contributed by atoms with van der Waals surface area (Å²) in [5.74, 6) is -0.238. The summed E-state index contributed by atoms with van der Waals surface area (Å²) in [6, 6.07) is 4.67. The van der Waals surface area contributed by atoms with Crippen LogP contribution in [-0.4, -0.2) is 15.8 Å². The zero-order chi connectivity index (χ0) is 10.1. The zero-order valence-corrected chi connectivity index (χ0v) is 9.17. The van der Waals surface area contributed by atoms with Gasteiger partial charge in [-0.1, -0.05) is 0 Å². The van der Waals surface area contributed by atoms with Crippen LogP contribution in [0.2, 0.25) is 0 Å². The molecule has 1 heterocycles. The fraction of sp³-hybridized carbons (Fsp3) is 0.300. The molecule has 2 aromatic rings. The number of hydrogen-bond donors (Lipinski definition) is 1. The lowest BCUT2D eigenvalue weighted by Crippen LogP contribution is -2.22. The second-order valence-electron chi connectivity index (χ2n) is 3.51. The summed E-state index contributed by atoms with van der Waals surface area (Å²) in [7, 11) is 0. The molecular formula is C10H13ClFN3. The van der Waals surface area contributed by atoms with Crippen molar-refractivity contribution >= 4 is 23.3 Å². The number of hydrogen-bond acceptors (Lipinski definition) is 2. The third-order valence-electron chi connectivity index (χ3n) is 2.06. The molecule has 82 valence electrons. The molecule has 0 saturated carbocycles. The first-order valence-electron chi connectivity index (χ1n) is 4.53. The Balaban J connectivity index is 0.00000112. The fourth-order valence-electron chi connectivity index (χ4n) is 1.48. The Morgan fingerprint density at radius 1 is 1.53 bits per heavy atom. The van der Waals surface area contributed by atoms with E-state index in [2.05, 4.69) is 5.10 Å². The lowest BCUT2D eigenvalue weighted by molar-refractivity contribution is 0.553. The highest BCUT2D eigenvalue weighted by Crippen LogP contribution is 2.14. The third kappa shape index (κ3) is 2.46. The highest BCUT2D eigenvalue weighted by molar-refractivity contribution is 5.85. The summed E-state index contributed by atoms with van der Waals surface area (Å²) < 4.78 is 14.6. The molecule has 0 aliphatic heterocycles. The molecule has 0 aliphatic rings. The molecule has 0 amide bonds. The Labute approximate surface area is 93.5 Å². The van der Waals surface area contributed by atoms with Crippen LogP contribution in [-0.2, 0) is 6.54 Å². The van der Waals surface area contributed by atoms with Gasteiger partial charge >= 0.3 is 0 Å². The average Bonchev–Trinajstić information content (AvgIpc) is 2.47. The van der Waals surface area contributed by atoms with Gasteiger partial charge in [0.2, 0.25) is 0 Å². The van der Waals surface area contributed by atoms with Gasteiger partial charge in [-0.05, 0) is 25.1 Å². The maximum atomic E-state index is 12.8. The van der Waals surface area contributed by atoms with Crippen LogP contribution < -0.4 is 5.73 Å². The predicted octanol–water partition coefficient (Wildman–Crippen LogP) is 1.94. The van der Waals surface area contributed by atoms with Crippen LogP contribution in [0.3, 0.4) is 0 Å². The van der Waals surface area contributed by atoms with Crippen LogP contribution in [0.4, 0.5) is 4.39 Å². The summed E-state index contributed by atoms with van der Waals surface area (Å²) in [6.45, 7) is 2.56. The van der Waals surface area contributed by atoms with Gasteiger partial charge in [0.1, 0.15) is 5.82 Å². The van der Waals surface area contributed by atoms with Gasteiger partial charge in [0.15, 0.2) is 0 Å². The van der Waals surface area contributed by atoms with Crippen molar-refractivity contribution in [1.29, 1.82) is 0 Å². The van der Waals surface area contributed by atoms with Crippen molar-refractivity contribution in [3.8, 4) is 0 Å². The van der Waals surface area contributed by atoms with Gasteiger partial charge in [0.25, 0.3) is 0 Å². The SMILES string of the molecule is C[C@@H](N)Cn1ncc2cc(F)ccc21.Cl. The molecule has 2 rings (SSSR count). The number of fused-ring (bicyclic) bond motifs is 1. The lowest BCUT2D eigenvalue weighted by Gasteiger charge is -2.06. The minimum atomic E-state index is -0.238. The van der Waals surface area contributed by atoms with Crippen molar-refractivity contribution in [3.05, 3.63) is 30.2 Å². The maximum Gasteiger partial charge on any atom is 0.124 e. The smallest absolute Gasteiger partial charge is 0.124 e. The molecule has 1 atom stereocenters. The molecule has 0 unspecified atom stereocenters. The van der Waals surface area contributed by atoms with Gasteiger partial charge in [0.05, 0.1) is 18.3 Å². The summed E-state index contributed by atoms with van der Waals surface area (Å²) in [6.07, 6.45) is 1.65. The monoisotopic (exact) mass is 229 g/mol. The average molecular weight is 230 g/mol. The van der Waals surface area contributed by atoms with Gasteiger partial charge in [-0.2, -0.15) is 5.10 Å². The molecule has 0 fully saturated rings. The molecule has 15 heavy (non-hydrogen) atoms. The van der Waals surface area contributed by atoms with E-state index >= 15 is 0 Å². The Kier molecular flexibility index (Phi) is 3.66. The first kappa shape index (κ1) is 11.9. The van der Waals surface area contributed by atoms with Gasteiger partial charge in [0, 0.05) is 11.4 Å². The maximum absolute atomic E-state index is 12.8. The van der Waals surface area contributed by atoms with E-state index in [0.717, 1.165) is 10.9 Å². The highest BCUT2D eigenvalue weighted by Gasteiger charge is 2.04. The molecule has 1 aromatic carbocycles. The first-order chi connectivity index (χ1) is 6.66. The third-order valence-corrected chi connectivity index (χ3v) is 2.06. The number of halogens is 2. The molecule has 2 N–H and O–H groups in total. The van der Waals surface area contributed by atoms with Crippen LogP contribution >= 0.6 is 12.4 Å². The molecule has 0 aliphatic carbocycles. The second-order valence-corrected chi connectivity index (χ2v) is 3.51. The lowest BCUT2D eigenvalue weighted by atomic mass is 10.2. The van der Waals surface area contributed by atoms with Crippen LogP contribution in [0.15, 0.2) is 24.4 Å². The van der Waals surface area contributed by atoms with Crippen molar-refractivity contribution in [2.45, 2.75) is 19.5 Å². The van der Waals surface area contributed by atoms with Crippen molar-refractivity contribution in [3.63, 3.8) is 0 Å². The minimum absolute atomic E-state index is 0.